The number of carbonyl (C=O) groups excluding carboxylic acids is 2. The molecule has 2 aromatic rings. The second kappa shape index (κ2) is 17.1. The minimum Gasteiger partial charge on any atom is -0.446 e. The molecule has 0 saturated heterocycles. The molecule has 11 atom stereocenters. The maximum absolute atomic E-state index is 13.1. The zero-order chi connectivity index (χ0) is 44.2. The summed E-state index contributed by atoms with van der Waals surface area (Å²) in [7, 11) is -7.81. The lowest BCUT2D eigenvalue weighted by atomic mass is 9.41. The highest BCUT2D eigenvalue weighted by atomic mass is 32.2. The number of fused-ring (bicyclic) bond motifs is 5. The van der Waals surface area contributed by atoms with Crippen LogP contribution in [0.25, 0.3) is 0 Å². The zero-order valence-corrected chi connectivity index (χ0v) is 39.6. The van der Waals surface area contributed by atoms with Crippen LogP contribution in [0.15, 0.2) is 58.3 Å². The fraction of sp³-hybridized carbons (Fsp3) is 0.714. The lowest BCUT2D eigenvalue weighted by Gasteiger charge is -2.64. The van der Waals surface area contributed by atoms with Crippen molar-refractivity contribution in [1.82, 2.24) is 4.72 Å². The van der Waals surface area contributed by atoms with Gasteiger partial charge in [0.15, 0.2) is 9.84 Å². The fourth-order valence-corrected chi connectivity index (χ4v) is 15.0. The van der Waals surface area contributed by atoms with E-state index in [2.05, 4.69) is 74.0 Å². The van der Waals surface area contributed by atoms with Gasteiger partial charge in [0.05, 0.1) is 15.9 Å². The number of ether oxygens (including phenoxy) is 1. The van der Waals surface area contributed by atoms with Gasteiger partial charge < -0.3 is 9.84 Å². The van der Waals surface area contributed by atoms with Crippen LogP contribution in [0, 0.1) is 52.3 Å². The Labute approximate surface area is 361 Å². The normalized spacial score (nSPS) is 32.6. The molecule has 2 aromatic carbocycles. The molecule has 0 radical (unpaired) electrons. The second-order valence-electron chi connectivity index (χ2n) is 21.8. The molecule has 0 aliphatic heterocycles. The molecule has 4 aliphatic carbocycles. The highest BCUT2D eigenvalue weighted by molar-refractivity contribution is 7.92. The summed E-state index contributed by atoms with van der Waals surface area (Å²) in [6.07, 6.45) is 7.15. The molecule has 6 rings (SSSR count). The van der Waals surface area contributed by atoms with Crippen molar-refractivity contribution < 1.29 is 36.3 Å². The Bertz CT molecular complexity index is 2080. The van der Waals surface area contributed by atoms with Crippen LogP contribution in [0.3, 0.4) is 0 Å². The summed E-state index contributed by atoms with van der Waals surface area (Å²) in [5.74, 6) is 1.28. The number of Topliss-reactive ketones (excluding diaryl/α,β-unsaturated/α-hetero) is 1. The van der Waals surface area contributed by atoms with Crippen LogP contribution in [0.1, 0.15) is 151 Å². The van der Waals surface area contributed by atoms with E-state index >= 15 is 0 Å². The van der Waals surface area contributed by atoms with E-state index in [-0.39, 0.29) is 61.4 Å². The van der Waals surface area contributed by atoms with Crippen molar-refractivity contribution in [3.63, 3.8) is 0 Å². The number of benzene rings is 2. The molecule has 2 N–H and O–H groups in total. The SMILES string of the molecule is CC[C@H]1[C@@H](O)[C@@H]2[C@H](CC[C@]3(C)[C@@H]([C@H](C)CCCC(=O)CS(=O)(=O)c4ccc(C(C)(C)C)cc4)CC[C@@H]23)[C@@]2(C)CC[C@@H](OC(=O)NS(=O)(=O)c3ccc(C(C)(C)C)cc3)C[C@@H]12. The Morgan fingerprint density at radius 1 is 0.800 bits per heavy atom. The van der Waals surface area contributed by atoms with Gasteiger partial charge in [0.1, 0.15) is 17.6 Å². The lowest BCUT2D eigenvalue weighted by molar-refractivity contribution is -0.203. The lowest BCUT2D eigenvalue weighted by Crippen LogP contribution is -2.62. The first-order valence-corrected chi connectivity index (χ1v) is 25.8. The first-order valence-electron chi connectivity index (χ1n) is 22.7. The molecular formula is C49H73NO8S2. The summed E-state index contributed by atoms with van der Waals surface area (Å²) in [4.78, 5) is 26.3. The number of amides is 1. The van der Waals surface area contributed by atoms with Crippen LogP contribution in [0.4, 0.5) is 4.79 Å². The van der Waals surface area contributed by atoms with Crippen LogP contribution in [-0.2, 0) is 40.2 Å². The van der Waals surface area contributed by atoms with Crippen molar-refractivity contribution in [1.29, 1.82) is 0 Å². The summed E-state index contributed by atoms with van der Waals surface area (Å²) in [5, 5.41) is 12.4. The standard InChI is InChI=1S/C49H73NO8S2/c1-11-38-42-29-35(58-45(53)50-60(56,57)37-21-17-33(18-22-37)47(6,7)8)25-27-49(42,10)41-26-28-48(9)39(23-24-40(48)43(41)44(38)52)31(2)13-12-14-34(51)30-59(54,55)36-19-15-32(16-20-36)46(3,4)5/h15-22,31,35,38-44,52H,11-14,23-30H2,1-10H3,(H,50,53)/t31-,35-,38-,39-,40+,41+,42+,43+,44-,48-,49-/m1/s1. The minimum absolute atomic E-state index is 0.0148. The van der Waals surface area contributed by atoms with Gasteiger partial charge in [0.2, 0.25) is 0 Å². The van der Waals surface area contributed by atoms with Gasteiger partial charge in [-0.3, -0.25) is 4.79 Å². The number of aliphatic hydroxyl groups excluding tert-OH is 1. The highest BCUT2D eigenvalue weighted by Crippen LogP contribution is 2.69. The van der Waals surface area contributed by atoms with Crippen molar-refractivity contribution in [2.24, 2.45) is 52.3 Å². The van der Waals surface area contributed by atoms with Crippen LogP contribution in [0.5, 0.6) is 0 Å². The van der Waals surface area contributed by atoms with Gasteiger partial charge in [0, 0.05) is 6.42 Å². The van der Waals surface area contributed by atoms with Gasteiger partial charge in [-0.25, -0.2) is 26.4 Å². The van der Waals surface area contributed by atoms with Gasteiger partial charge in [-0.05, 0) is 150 Å². The number of sulfonamides is 1. The van der Waals surface area contributed by atoms with E-state index in [0.29, 0.717) is 42.9 Å². The zero-order valence-electron chi connectivity index (χ0n) is 37.9. The van der Waals surface area contributed by atoms with Gasteiger partial charge in [-0.2, -0.15) is 0 Å². The third-order valence-electron chi connectivity index (χ3n) is 16.2. The minimum atomic E-state index is -4.10. The number of rotatable bonds is 12. The molecule has 4 fully saturated rings. The summed E-state index contributed by atoms with van der Waals surface area (Å²) >= 11 is 0. The largest absolute Gasteiger partial charge is 0.446 e. The Hall–Kier alpha value is -2.76. The number of hydrogen-bond donors (Lipinski definition) is 2. The maximum Gasteiger partial charge on any atom is 0.421 e. The Kier molecular flexibility index (Phi) is 13.3. The monoisotopic (exact) mass is 867 g/mol. The maximum atomic E-state index is 13.1. The average molecular weight is 868 g/mol. The molecule has 0 bridgehead atoms. The Morgan fingerprint density at radius 3 is 1.92 bits per heavy atom. The number of ketones is 1. The van der Waals surface area contributed by atoms with Crippen molar-refractivity contribution in [2.45, 2.75) is 173 Å². The van der Waals surface area contributed by atoms with E-state index in [1.165, 1.54) is 12.1 Å². The van der Waals surface area contributed by atoms with Crippen LogP contribution < -0.4 is 4.72 Å². The van der Waals surface area contributed by atoms with E-state index < -0.39 is 43.9 Å². The van der Waals surface area contributed by atoms with Crippen molar-refractivity contribution in [2.75, 3.05) is 5.75 Å². The smallest absolute Gasteiger partial charge is 0.421 e. The number of hydrogen-bond acceptors (Lipinski definition) is 8. The predicted molar refractivity (Wildman–Crippen MR) is 237 cm³/mol. The number of aliphatic hydroxyl groups is 1. The molecule has 0 spiro atoms. The van der Waals surface area contributed by atoms with E-state index in [4.69, 9.17) is 4.74 Å². The molecular weight excluding hydrogens is 795 g/mol. The molecule has 60 heavy (non-hydrogen) atoms. The molecule has 4 saturated carbocycles. The predicted octanol–water partition coefficient (Wildman–Crippen LogP) is 10.2. The quantitative estimate of drug-likeness (QED) is 0.215. The Morgan fingerprint density at radius 2 is 1.35 bits per heavy atom. The second-order valence-corrected chi connectivity index (χ2v) is 25.5. The molecule has 0 aromatic heterocycles. The molecule has 1 amide bonds. The molecule has 9 nitrogen and oxygen atoms in total. The van der Waals surface area contributed by atoms with Gasteiger partial charge in [-0.15, -0.1) is 0 Å². The summed E-state index contributed by atoms with van der Waals surface area (Å²) in [6, 6.07) is 13.5. The first-order chi connectivity index (χ1) is 27.8. The number of nitrogens with one attached hydrogen (secondary N) is 1. The van der Waals surface area contributed by atoms with E-state index in [1.54, 1.807) is 24.3 Å². The van der Waals surface area contributed by atoms with Crippen LogP contribution in [-0.4, -0.2) is 51.8 Å². The molecule has 0 unspecified atom stereocenters. The summed E-state index contributed by atoms with van der Waals surface area (Å²) < 4.78 is 60.4. The topological polar surface area (TPSA) is 144 Å². The van der Waals surface area contributed by atoms with E-state index in [1.807, 2.05) is 12.1 Å². The first kappa shape index (κ1) is 46.7. The van der Waals surface area contributed by atoms with Crippen LogP contribution >= 0.6 is 0 Å². The third-order valence-corrected chi connectivity index (χ3v) is 19.2. The number of sulfone groups is 1. The van der Waals surface area contributed by atoms with Gasteiger partial charge in [-0.1, -0.05) is 106 Å². The molecule has 334 valence electrons. The molecule has 0 heterocycles. The van der Waals surface area contributed by atoms with Crippen molar-refractivity contribution in [3.8, 4) is 0 Å². The third kappa shape index (κ3) is 9.29. The summed E-state index contributed by atoms with van der Waals surface area (Å²) in [5.41, 5.74) is 1.87. The Balaban J connectivity index is 1.05. The molecule has 4 aliphatic rings. The van der Waals surface area contributed by atoms with E-state index in [9.17, 15) is 31.5 Å². The van der Waals surface area contributed by atoms with Crippen molar-refractivity contribution in [3.05, 3.63) is 59.7 Å². The average Bonchev–Trinajstić information content (AvgIpc) is 3.51. The highest BCUT2D eigenvalue weighted by Gasteiger charge is 2.65. The van der Waals surface area contributed by atoms with Gasteiger partial charge in [0.25, 0.3) is 10.0 Å². The van der Waals surface area contributed by atoms with Crippen molar-refractivity contribution >= 4 is 31.7 Å². The fourth-order valence-electron chi connectivity index (χ4n) is 12.9. The molecule has 11 heteroatoms. The van der Waals surface area contributed by atoms with E-state index in [0.717, 1.165) is 56.1 Å². The van der Waals surface area contributed by atoms with Gasteiger partial charge >= 0.3 is 6.09 Å². The summed E-state index contributed by atoms with van der Waals surface area (Å²) in [6.45, 7) is 21.7. The van der Waals surface area contributed by atoms with Crippen LogP contribution in [0.2, 0.25) is 0 Å². The number of carbonyl (C=O) groups is 2.